The molecular formula is C31H31N5O2. The number of benzene rings is 2. The van der Waals surface area contributed by atoms with Gasteiger partial charge in [0.2, 0.25) is 0 Å². The number of aliphatic hydroxyl groups excluding tert-OH is 1. The predicted octanol–water partition coefficient (Wildman–Crippen LogP) is 6.25. The minimum absolute atomic E-state index is 0.0496. The molecule has 7 nitrogen and oxygen atoms in total. The first-order valence-corrected chi connectivity index (χ1v) is 12.7. The van der Waals surface area contributed by atoms with Crippen molar-refractivity contribution in [3.05, 3.63) is 101 Å². The highest BCUT2D eigenvalue weighted by atomic mass is 16.3. The fourth-order valence-corrected chi connectivity index (χ4v) is 4.72. The Bertz CT molecular complexity index is 1650. The molecule has 0 aliphatic heterocycles. The van der Waals surface area contributed by atoms with Crippen LogP contribution < -0.4 is 5.32 Å². The van der Waals surface area contributed by atoms with Gasteiger partial charge in [-0.2, -0.15) is 0 Å². The van der Waals surface area contributed by atoms with E-state index < -0.39 is 0 Å². The number of fused-ring (bicyclic) bond motifs is 1. The predicted molar refractivity (Wildman–Crippen MR) is 150 cm³/mol. The topological polar surface area (TPSA) is 92.4 Å². The van der Waals surface area contributed by atoms with Crippen LogP contribution in [-0.4, -0.2) is 30.6 Å². The standard InChI is InChI=1S/C31H31N5O2/c1-18(2)23-12-13-28(32-15-23)31(38)33-27-11-7-9-25(21(27)5)24-8-6-10-26(20(24)4)29-34-30-19(3)14-22(17-37)16-36(30)35-29/h6-16,18,37H,17H2,1-5H3,(H,33,38). The van der Waals surface area contributed by atoms with Crippen molar-refractivity contribution in [2.75, 3.05) is 5.32 Å². The first kappa shape index (κ1) is 25.3. The lowest BCUT2D eigenvalue weighted by Gasteiger charge is -2.16. The molecule has 192 valence electrons. The number of aryl methyl sites for hydroxylation is 1. The summed E-state index contributed by atoms with van der Waals surface area (Å²) in [5.41, 5.74) is 9.73. The van der Waals surface area contributed by atoms with Crippen LogP contribution in [0.15, 0.2) is 67.0 Å². The van der Waals surface area contributed by atoms with Gasteiger partial charge in [-0.1, -0.05) is 50.2 Å². The Morgan fingerprint density at radius 1 is 0.974 bits per heavy atom. The first-order valence-electron chi connectivity index (χ1n) is 12.7. The van der Waals surface area contributed by atoms with Gasteiger partial charge in [-0.25, -0.2) is 9.50 Å². The highest BCUT2D eigenvalue weighted by Crippen LogP contribution is 2.35. The molecule has 0 radical (unpaired) electrons. The molecule has 3 aromatic heterocycles. The number of carbonyl (C=O) groups is 1. The summed E-state index contributed by atoms with van der Waals surface area (Å²) >= 11 is 0. The third kappa shape index (κ3) is 4.68. The SMILES string of the molecule is Cc1c(NC(=O)c2ccc(C(C)C)cn2)cccc1-c1cccc(-c2nc3c(C)cc(CO)cn3n2)c1C. The van der Waals surface area contributed by atoms with Crippen molar-refractivity contribution in [2.45, 2.75) is 47.1 Å². The molecule has 0 saturated carbocycles. The average molecular weight is 506 g/mol. The normalized spacial score (nSPS) is 11.3. The Kier molecular flexibility index (Phi) is 6.78. The van der Waals surface area contributed by atoms with Gasteiger partial charge in [0.1, 0.15) is 5.69 Å². The van der Waals surface area contributed by atoms with Crippen LogP contribution in [0.25, 0.3) is 28.2 Å². The lowest BCUT2D eigenvalue weighted by Crippen LogP contribution is -2.14. The molecule has 0 spiro atoms. The quantitative estimate of drug-likeness (QED) is 0.284. The summed E-state index contributed by atoms with van der Waals surface area (Å²) in [7, 11) is 0. The Labute approximate surface area is 222 Å². The van der Waals surface area contributed by atoms with Gasteiger partial charge in [0, 0.05) is 23.6 Å². The minimum atomic E-state index is -0.238. The molecule has 2 aromatic carbocycles. The summed E-state index contributed by atoms with van der Waals surface area (Å²) in [5.74, 6) is 0.744. The van der Waals surface area contributed by atoms with E-state index in [0.29, 0.717) is 17.4 Å². The van der Waals surface area contributed by atoms with Crippen LogP contribution in [0.4, 0.5) is 5.69 Å². The largest absolute Gasteiger partial charge is 0.392 e. The molecule has 38 heavy (non-hydrogen) atoms. The Balaban J connectivity index is 1.49. The minimum Gasteiger partial charge on any atom is -0.392 e. The van der Waals surface area contributed by atoms with Crippen LogP contribution >= 0.6 is 0 Å². The Hall–Kier alpha value is -4.36. The molecule has 3 heterocycles. The number of anilines is 1. The molecule has 1 amide bonds. The van der Waals surface area contributed by atoms with E-state index in [0.717, 1.165) is 55.8 Å². The number of amides is 1. The molecule has 2 N–H and O–H groups in total. The second-order valence-corrected chi connectivity index (χ2v) is 9.93. The van der Waals surface area contributed by atoms with Crippen molar-refractivity contribution in [2.24, 2.45) is 0 Å². The van der Waals surface area contributed by atoms with Crippen molar-refractivity contribution in [3.63, 3.8) is 0 Å². The number of hydrogen-bond donors (Lipinski definition) is 2. The maximum atomic E-state index is 13.0. The number of hydrogen-bond acceptors (Lipinski definition) is 5. The smallest absolute Gasteiger partial charge is 0.274 e. The number of rotatable bonds is 6. The van der Waals surface area contributed by atoms with Crippen LogP contribution in [-0.2, 0) is 6.61 Å². The average Bonchev–Trinajstić information content (AvgIpc) is 3.35. The van der Waals surface area contributed by atoms with Crippen LogP contribution in [0, 0.1) is 20.8 Å². The molecule has 0 atom stereocenters. The molecule has 0 saturated heterocycles. The van der Waals surface area contributed by atoms with Crippen molar-refractivity contribution in [1.29, 1.82) is 0 Å². The lowest BCUT2D eigenvalue weighted by atomic mass is 9.92. The van der Waals surface area contributed by atoms with Crippen molar-refractivity contribution in [1.82, 2.24) is 19.6 Å². The third-order valence-electron chi connectivity index (χ3n) is 6.99. The van der Waals surface area contributed by atoms with Crippen molar-refractivity contribution < 1.29 is 9.90 Å². The fraction of sp³-hybridized carbons (Fsp3) is 0.226. The van der Waals surface area contributed by atoms with Crippen LogP contribution in [0.5, 0.6) is 0 Å². The summed E-state index contributed by atoms with van der Waals surface area (Å²) in [5, 5.41) is 17.3. The van der Waals surface area contributed by atoms with Gasteiger partial charge in [0.25, 0.3) is 5.91 Å². The van der Waals surface area contributed by atoms with Gasteiger partial charge in [0.05, 0.1) is 6.61 Å². The summed E-state index contributed by atoms with van der Waals surface area (Å²) < 4.78 is 1.73. The van der Waals surface area contributed by atoms with Gasteiger partial charge in [-0.05, 0) is 83.8 Å². The number of pyridine rings is 2. The molecule has 0 unspecified atom stereocenters. The number of nitrogens with one attached hydrogen (secondary N) is 1. The van der Waals surface area contributed by atoms with Gasteiger partial charge in [-0.15, -0.1) is 5.10 Å². The second kappa shape index (κ2) is 10.2. The van der Waals surface area contributed by atoms with Gasteiger partial charge in [-0.3, -0.25) is 9.78 Å². The van der Waals surface area contributed by atoms with E-state index in [4.69, 9.17) is 10.1 Å². The van der Waals surface area contributed by atoms with E-state index in [1.165, 1.54) is 0 Å². The first-order chi connectivity index (χ1) is 18.3. The van der Waals surface area contributed by atoms with Crippen LogP contribution in [0.3, 0.4) is 0 Å². The van der Waals surface area contributed by atoms with Crippen molar-refractivity contribution in [3.8, 4) is 22.5 Å². The zero-order valence-corrected chi connectivity index (χ0v) is 22.3. The van der Waals surface area contributed by atoms with Crippen LogP contribution in [0.1, 0.15) is 58.1 Å². The molecule has 0 aliphatic rings. The molecular weight excluding hydrogens is 474 g/mol. The zero-order valence-electron chi connectivity index (χ0n) is 22.3. The maximum absolute atomic E-state index is 13.0. The summed E-state index contributed by atoms with van der Waals surface area (Å²) in [6.07, 6.45) is 3.57. The second-order valence-electron chi connectivity index (χ2n) is 9.93. The number of aromatic nitrogens is 4. The maximum Gasteiger partial charge on any atom is 0.274 e. The summed E-state index contributed by atoms with van der Waals surface area (Å²) in [4.78, 5) is 22.1. The molecule has 0 bridgehead atoms. The molecule has 5 aromatic rings. The van der Waals surface area contributed by atoms with E-state index in [9.17, 15) is 9.90 Å². The summed E-state index contributed by atoms with van der Waals surface area (Å²) in [6, 6.07) is 17.6. The fourth-order valence-electron chi connectivity index (χ4n) is 4.72. The molecule has 0 fully saturated rings. The number of nitrogens with zero attached hydrogens (tertiary/aromatic N) is 4. The lowest BCUT2D eigenvalue weighted by molar-refractivity contribution is 0.102. The molecule has 5 rings (SSSR count). The van der Waals surface area contributed by atoms with Crippen molar-refractivity contribution >= 4 is 17.2 Å². The van der Waals surface area contributed by atoms with Gasteiger partial charge >= 0.3 is 0 Å². The Morgan fingerprint density at radius 2 is 1.68 bits per heavy atom. The monoisotopic (exact) mass is 505 g/mol. The highest BCUT2D eigenvalue weighted by molar-refractivity contribution is 6.03. The number of aliphatic hydroxyl groups is 1. The Morgan fingerprint density at radius 3 is 2.37 bits per heavy atom. The van der Waals surface area contributed by atoms with Gasteiger partial charge in [0.15, 0.2) is 11.5 Å². The summed E-state index contributed by atoms with van der Waals surface area (Å²) in [6.45, 7) is 10.2. The molecule has 0 aliphatic carbocycles. The number of carbonyl (C=O) groups excluding carboxylic acids is 1. The molecule has 7 heteroatoms. The highest BCUT2D eigenvalue weighted by Gasteiger charge is 2.17. The zero-order chi connectivity index (χ0) is 27.0. The van der Waals surface area contributed by atoms with E-state index in [2.05, 4.69) is 43.2 Å². The van der Waals surface area contributed by atoms with E-state index >= 15 is 0 Å². The van der Waals surface area contributed by atoms with Crippen LogP contribution in [0.2, 0.25) is 0 Å². The van der Waals surface area contributed by atoms with E-state index in [1.54, 1.807) is 23.0 Å². The third-order valence-corrected chi connectivity index (χ3v) is 6.99. The van der Waals surface area contributed by atoms with E-state index in [1.807, 2.05) is 50.2 Å². The van der Waals surface area contributed by atoms with E-state index in [-0.39, 0.29) is 12.5 Å². The van der Waals surface area contributed by atoms with Gasteiger partial charge < -0.3 is 10.4 Å².